The van der Waals surface area contributed by atoms with Crippen LogP contribution in [-0.2, 0) is 14.6 Å². The lowest BCUT2D eigenvalue weighted by atomic mass is 10.0. The monoisotopic (exact) mass is 325 g/mol. The van der Waals surface area contributed by atoms with Crippen LogP contribution in [0.25, 0.3) is 0 Å². The van der Waals surface area contributed by atoms with Gasteiger partial charge in [0.25, 0.3) is 0 Å². The van der Waals surface area contributed by atoms with E-state index in [9.17, 15) is 13.2 Å². The molecule has 0 bridgehead atoms. The molecule has 0 aliphatic carbocycles. The Kier molecular flexibility index (Phi) is 5.45. The van der Waals surface area contributed by atoms with Gasteiger partial charge in [-0.25, -0.2) is 8.42 Å². The van der Waals surface area contributed by atoms with Gasteiger partial charge >= 0.3 is 0 Å². The zero-order valence-corrected chi connectivity index (χ0v) is 13.9. The molecule has 5 nitrogen and oxygen atoms in total. The number of sulfone groups is 1. The first kappa shape index (κ1) is 16.8. The van der Waals surface area contributed by atoms with Crippen molar-refractivity contribution in [1.82, 2.24) is 5.32 Å². The fraction of sp³-hybridized carbons (Fsp3) is 0.562. The Morgan fingerprint density at radius 3 is 2.59 bits per heavy atom. The summed E-state index contributed by atoms with van der Waals surface area (Å²) in [5, 5.41) is 2.93. The van der Waals surface area contributed by atoms with Gasteiger partial charge in [-0.05, 0) is 43.9 Å². The van der Waals surface area contributed by atoms with Crippen LogP contribution in [0, 0.1) is 5.92 Å². The number of hydrogen-bond acceptors (Lipinski definition) is 4. The van der Waals surface area contributed by atoms with E-state index < -0.39 is 9.84 Å². The Balaban J connectivity index is 1.85. The highest BCUT2D eigenvalue weighted by Crippen LogP contribution is 2.22. The number of carbonyl (C=O) groups is 1. The summed E-state index contributed by atoms with van der Waals surface area (Å²) in [5.41, 5.74) is 0.996. The van der Waals surface area contributed by atoms with Gasteiger partial charge in [0.05, 0.1) is 24.2 Å². The highest BCUT2D eigenvalue weighted by atomic mass is 32.2. The molecule has 1 amide bonds. The molecule has 1 aliphatic heterocycles. The fourth-order valence-electron chi connectivity index (χ4n) is 2.70. The van der Waals surface area contributed by atoms with Crippen LogP contribution in [0.1, 0.15) is 38.3 Å². The van der Waals surface area contributed by atoms with E-state index in [1.807, 2.05) is 38.1 Å². The number of benzene rings is 1. The summed E-state index contributed by atoms with van der Waals surface area (Å²) in [6.45, 7) is 4.47. The van der Waals surface area contributed by atoms with E-state index in [1.54, 1.807) is 0 Å². The molecule has 2 rings (SSSR count). The molecule has 0 spiro atoms. The molecule has 1 aromatic carbocycles. The van der Waals surface area contributed by atoms with Gasteiger partial charge in [-0.15, -0.1) is 0 Å². The molecule has 1 saturated heterocycles. The second-order valence-corrected chi connectivity index (χ2v) is 7.99. The molecular formula is C16H23NO4S. The van der Waals surface area contributed by atoms with E-state index >= 15 is 0 Å². The Hall–Kier alpha value is -1.56. The van der Waals surface area contributed by atoms with Crippen molar-refractivity contribution in [2.75, 3.05) is 18.1 Å². The van der Waals surface area contributed by atoms with Crippen LogP contribution >= 0.6 is 0 Å². The van der Waals surface area contributed by atoms with Crippen LogP contribution in [0.5, 0.6) is 5.75 Å². The number of hydrogen-bond donors (Lipinski definition) is 1. The van der Waals surface area contributed by atoms with Crippen molar-refractivity contribution in [3.8, 4) is 5.75 Å². The van der Waals surface area contributed by atoms with Gasteiger partial charge in [-0.2, -0.15) is 0 Å². The maximum atomic E-state index is 12.0. The zero-order valence-electron chi connectivity index (χ0n) is 13.0. The molecule has 1 fully saturated rings. The van der Waals surface area contributed by atoms with E-state index in [2.05, 4.69) is 5.32 Å². The number of carbonyl (C=O) groups excluding carboxylic acids is 1. The summed E-state index contributed by atoms with van der Waals surface area (Å²) in [7, 11) is -2.93. The van der Waals surface area contributed by atoms with Crippen LogP contribution < -0.4 is 10.1 Å². The summed E-state index contributed by atoms with van der Waals surface area (Å²) >= 11 is 0. The van der Waals surface area contributed by atoms with Gasteiger partial charge in [0.2, 0.25) is 5.91 Å². The van der Waals surface area contributed by atoms with Crippen LogP contribution in [0.2, 0.25) is 0 Å². The normalized spacial score (nSPS) is 21.3. The summed E-state index contributed by atoms with van der Waals surface area (Å²) in [4.78, 5) is 12.0. The maximum Gasteiger partial charge on any atom is 0.220 e. The average Bonchev–Trinajstić information content (AvgIpc) is 2.78. The van der Waals surface area contributed by atoms with Crippen molar-refractivity contribution in [1.29, 1.82) is 0 Å². The predicted octanol–water partition coefficient (Wildman–Crippen LogP) is 2.09. The first-order chi connectivity index (χ1) is 10.4. The fourth-order valence-corrected chi connectivity index (χ4v) is 4.56. The zero-order chi connectivity index (χ0) is 16.2. The summed E-state index contributed by atoms with van der Waals surface area (Å²) in [6.07, 6.45) is 0.869. The van der Waals surface area contributed by atoms with Crippen molar-refractivity contribution in [2.45, 2.75) is 32.7 Å². The van der Waals surface area contributed by atoms with Crippen LogP contribution in [0.15, 0.2) is 24.3 Å². The van der Waals surface area contributed by atoms with Crippen molar-refractivity contribution in [3.63, 3.8) is 0 Å². The molecule has 1 N–H and O–H groups in total. The van der Waals surface area contributed by atoms with Crippen molar-refractivity contribution < 1.29 is 17.9 Å². The highest BCUT2D eigenvalue weighted by molar-refractivity contribution is 7.91. The third-order valence-electron chi connectivity index (χ3n) is 3.87. The molecule has 0 saturated carbocycles. The Morgan fingerprint density at radius 1 is 1.36 bits per heavy atom. The minimum atomic E-state index is -2.93. The van der Waals surface area contributed by atoms with Gasteiger partial charge in [0.15, 0.2) is 9.84 Å². The van der Waals surface area contributed by atoms with Crippen LogP contribution in [0.3, 0.4) is 0 Å². The Labute approximate surface area is 132 Å². The van der Waals surface area contributed by atoms with E-state index in [1.165, 1.54) is 0 Å². The molecule has 0 radical (unpaired) electrons. The van der Waals surface area contributed by atoms with Crippen molar-refractivity contribution in [2.24, 2.45) is 5.92 Å². The molecule has 2 unspecified atom stereocenters. The number of ether oxygens (including phenoxy) is 1. The minimum Gasteiger partial charge on any atom is -0.494 e. The molecule has 1 aromatic rings. The molecule has 6 heteroatoms. The van der Waals surface area contributed by atoms with Crippen LogP contribution in [0.4, 0.5) is 0 Å². The van der Waals surface area contributed by atoms with Crippen molar-refractivity contribution in [3.05, 3.63) is 29.8 Å². The molecular weight excluding hydrogens is 302 g/mol. The van der Waals surface area contributed by atoms with E-state index in [-0.39, 0.29) is 35.8 Å². The Bertz CT molecular complexity index is 610. The van der Waals surface area contributed by atoms with E-state index in [0.29, 0.717) is 13.0 Å². The SMILES string of the molecule is CCOc1ccc(C(C)NC(=O)CC2CCS(=O)(=O)C2)cc1. The second kappa shape index (κ2) is 7.13. The smallest absolute Gasteiger partial charge is 0.220 e. The highest BCUT2D eigenvalue weighted by Gasteiger charge is 2.29. The summed E-state index contributed by atoms with van der Waals surface area (Å²) in [6, 6.07) is 7.50. The summed E-state index contributed by atoms with van der Waals surface area (Å²) < 4.78 is 28.2. The van der Waals surface area contributed by atoms with Gasteiger partial charge in [0.1, 0.15) is 5.75 Å². The first-order valence-electron chi connectivity index (χ1n) is 7.62. The molecule has 0 aromatic heterocycles. The van der Waals surface area contributed by atoms with Crippen molar-refractivity contribution >= 4 is 15.7 Å². The molecule has 1 heterocycles. The van der Waals surface area contributed by atoms with Gasteiger partial charge in [-0.1, -0.05) is 12.1 Å². The second-order valence-electron chi connectivity index (χ2n) is 5.76. The third kappa shape index (κ3) is 4.73. The molecule has 2 atom stereocenters. The molecule has 122 valence electrons. The first-order valence-corrected chi connectivity index (χ1v) is 9.44. The number of amides is 1. The van der Waals surface area contributed by atoms with Gasteiger partial charge in [0, 0.05) is 6.42 Å². The average molecular weight is 325 g/mol. The Morgan fingerprint density at radius 2 is 2.05 bits per heavy atom. The van der Waals surface area contributed by atoms with E-state index in [0.717, 1.165) is 11.3 Å². The predicted molar refractivity (Wildman–Crippen MR) is 85.5 cm³/mol. The lowest BCUT2D eigenvalue weighted by Gasteiger charge is -2.16. The maximum absolute atomic E-state index is 12.0. The quantitative estimate of drug-likeness (QED) is 0.869. The minimum absolute atomic E-state index is 0.0440. The standard InChI is InChI=1S/C16H23NO4S/c1-3-21-15-6-4-14(5-7-15)12(2)17-16(18)10-13-8-9-22(19,20)11-13/h4-7,12-13H,3,8-11H2,1-2H3,(H,17,18). The van der Waals surface area contributed by atoms with Crippen LogP contribution in [-0.4, -0.2) is 32.4 Å². The lowest BCUT2D eigenvalue weighted by molar-refractivity contribution is -0.122. The summed E-state index contributed by atoms with van der Waals surface area (Å²) in [5.74, 6) is 1.01. The topological polar surface area (TPSA) is 72.5 Å². The van der Waals surface area contributed by atoms with Gasteiger partial charge in [-0.3, -0.25) is 4.79 Å². The third-order valence-corrected chi connectivity index (χ3v) is 5.71. The molecule has 22 heavy (non-hydrogen) atoms. The molecule has 1 aliphatic rings. The largest absolute Gasteiger partial charge is 0.494 e. The lowest BCUT2D eigenvalue weighted by Crippen LogP contribution is -2.28. The van der Waals surface area contributed by atoms with E-state index in [4.69, 9.17) is 4.74 Å². The van der Waals surface area contributed by atoms with Gasteiger partial charge < -0.3 is 10.1 Å². The number of rotatable bonds is 6. The number of nitrogens with one attached hydrogen (secondary N) is 1.